The van der Waals surface area contributed by atoms with Crippen molar-refractivity contribution in [3.05, 3.63) is 28.3 Å². The normalized spacial score (nSPS) is 12.2. The van der Waals surface area contributed by atoms with Crippen molar-refractivity contribution in [3.8, 4) is 5.75 Å². The molecule has 0 bridgehead atoms. The quantitative estimate of drug-likeness (QED) is 0.586. The second-order valence-corrected chi connectivity index (χ2v) is 4.82. The second-order valence-electron chi connectivity index (χ2n) is 4.82. The lowest BCUT2D eigenvalue weighted by Crippen LogP contribution is -2.30. The van der Waals surface area contributed by atoms with Crippen molar-refractivity contribution in [3.63, 3.8) is 0 Å². The molecule has 0 aromatic heterocycles. The molecule has 1 unspecified atom stereocenters. The molecular weight excluding hydrogens is 260 g/mol. The van der Waals surface area contributed by atoms with Gasteiger partial charge in [0, 0.05) is 7.11 Å². The zero-order chi connectivity index (χ0) is 15.1. The van der Waals surface area contributed by atoms with Crippen LogP contribution in [0.15, 0.2) is 18.2 Å². The van der Waals surface area contributed by atoms with Gasteiger partial charge in [-0.2, -0.15) is 0 Å². The van der Waals surface area contributed by atoms with Crippen molar-refractivity contribution >= 4 is 11.4 Å². The monoisotopic (exact) mass is 282 g/mol. The summed E-state index contributed by atoms with van der Waals surface area (Å²) in [6.07, 6.45) is 0. The van der Waals surface area contributed by atoms with E-state index in [1.54, 1.807) is 19.2 Å². The summed E-state index contributed by atoms with van der Waals surface area (Å²) in [6, 6.07) is 4.85. The summed E-state index contributed by atoms with van der Waals surface area (Å²) in [4.78, 5) is 10.8. The number of nitrogens with zero attached hydrogens (tertiary/aromatic N) is 1. The zero-order valence-corrected chi connectivity index (χ0v) is 12.4. The Morgan fingerprint density at radius 1 is 1.40 bits per heavy atom. The maximum atomic E-state index is 11.2. The van der Waals surface area contributed by atoms with Crippen LogP contribution in [0.5, 0.6) is 5.75 Å². The van der Waals surface area contributed by atoms with E-state index >= 15 is 0 Å². The first-order valence-electron chi connectivity index (χ1n) is 6.66. The molecule has 0 aliphatic rings. The highest BCUT2D eigenvalue weighted by Gasteiger charge is 2.20. The van der Waals surface area contributed by atoms with E-state index in [9.17, 15) is 10.1 Å². The van der Waals surface area contributed by atoms with Gasteiger partial charge in [-0.05, 0) is 25.0 Å². The Morgan fingerprint density at radius 2 is 2.10 bits per heavy atom. The van der Waals surface area contributed by atoms with E-state index in [0.717, 1.165) is 0 Å². The third-order valence-electron chi connectivity index (χ3n) is 2.97. The van der Waals surface area contributed by atoms with Crippen LogP contribution in [0.1, 0.15) is 20.8 Å². The van der Waals surface area contributed by atoms with Crippen LogP contribution in [0.25, 0.3) is 0 Å². The molecule has 6 heteroatoms. The number of nitro groups is 1. The molecule has 0 aliphatic heterocycles. The van der Waals surface area contributed by atoms with E-state index in [1.165, 1.54) is 6.07 Å². The number of rotatable bonds is 8. The van der Waals surface area contributed by atoms with Crippen LogP contribution in [0.3, 0.4) is 0 Å². The molecule has 0 aliphatic carbocycles. The number of nitro benzene ring substituents is 1. The van der Waals surface area contributed by atoms with Gasteiger partial charge in [0.25, 0.3) is 5.69 Å². The van der Waals surface area contributed by atoms with Gasteiger partial charge in [0.15, 0.2) is 0 Å². The minimum Gasteiger partial charge on any atom is -0.494 e. The van der Waals surface area contributed by atoms with Crippen molar-refractivity contribution in [1.82, 2.24) is 0 Å². The van der Waals surface area contributed by atoms with Crippen molar-refractivity contribution in [2.75, 3.05) is 25.6 Å². The molecule has 0 saturated heterocycles. The van der Waals surface area contributed by atoms with E-state index in [-0.39, 0.29) is 11.7 Å². The summed E-state index contributed by atoms with van der Waals surface area (Å²) in [6.45, 7) is 6.88. The molecule has 0 radical (unpaired) electrons. The van der Waals surface area contributed by atoms with E-state index in [0.29, 0.717) is 30.6 Å². The number of nitrogens with one attached hydrogen (secondary N) is 1. The van der Waals surface area contributed by atoms with E-state index < -0.39 is 4.92 Å². The van der Waals surface area contributed by atoms with Crippen molar-refractivity contribution in [1.29, 1.82) is 0 Å². The molecule has 0 spiro atoms. The number of benzene rings is 1. The molecule has 1 rings (SSSR count). The number of ether oxygens (including phenoxy) is 2. The molecule has 1 aromatic carbocycles. The molecule has 0 fully saturated rings. The lowest BCUT2D eigenvalue weighted by atomic mass is 10.0. The van der Waals surface area contributed by atoms with Gasteiger partial charge in [-0.25, -0.2) is 0 Å². The van der Waals surface area contributed by atoms with Gasteiger partial charge in [-0.3, -0.25) is 10.1 Å². The summed E-state index contributed by atoms with van der Waals surface area (Å²) >= 11 is 0. The molecule has 6 nitrogen and oxygen atoms in total. The molecule has 20 heavy (non-hydrogen) atoms. The predicted octanol–water partition coefficient (Wildman–Crippen LogP) is 3.08. The SMILES string of the molecule is CCOc1ccc(NC(COC)C(C)C)c([N+](=O)[O-])c1. The molecule has 0 saturated carbocycles. The van der Waals surface area contributed by atoms with Gasteiger partial charge in [-0.1, -0.05) is 13.8 Å². The van der Waals surface area contributed by atoms with Crippen molar-refractivity contribution < 1.29 is 14.4 Å². The summed E-state index contributed by atoms with van der Waals surface area (Å²) in [5.41, 5.74) is 0.493. The molecule has 0 heterocycles. The number of hydrogen-bond acceptors (Lipinski definition) is 5. The number of anilines is 1. The highest BCUT2D eigenvalue weighted by atomic mass is 16.6. The third-order valence-corrected chi connectivity index (χ3v) is 2.97. The predicted molar refractivity (Wildman–Crippen MR) is 78.4 cm³/mol. The molecule has 1 N–H and O–H groups in total. The van der Waals surface area contributed by atoms with Crippen LogP contribution >= 0.6 is 0 Å². The van der Waals surface area contributed by atoms with Crippen LogP contribution in [0.2, 0.25) is 0 Å². The van der Waals surface area contributed by atoms with Gasteiger partial charge < -0.3 is 14.8 Å². The minimum absolute atomic E-state index is 0.0108. The number of hydrogen-bond donors (Lipinski definition) is 1. The van der Waals surface area contributed by atoms with Gasteiger partial charge in [0.2, 0.25) is 0 Å². The molecule has 1 atom stereocenters. The first kappa shape index (κ1) is 16.2. The fourth-order valence-electron chi connectivity index (χ4n) is 1.82. The Balaban J connectivity index is 3.00. The molecule has 1 aromatic rings. The minimum atomic E-state index is -0.408. The van der Waals surface area contributed by atoms with Gasteiger partial charge in [0.1, 0.15) is 11.4 Å². The molecule has 0 amide bonds. The van der Waals surface area contributed by atoms with Crippen LogP contribution in [0.4, 0.5) is 11.4 Å². The summed E-state index contributed by atoms with van der Waals surface area (Å²) in [5, 5.41) is 14.3. The maximum absolute atomic E-state index is 11.2. The first-order valence-corrected chi connectivity index (χ1v) is 6.66. The Morgan fingerprint density at radius 3 is 2.60 bits per heavy atom. The largest absolute Gasteiger partial charge is 0.494 e. The lowest BCUT2D eigenvalue weighted by Gasteiger charge is -2.22. The van der Waals surface area contributed by atoms with E-state index in [1.807, 2.05) is 20.8 Å². The van der Waals surface area contributed by atoms with Crippen molar-refractivity contribution in [2.45, 2.75) is 26.8 Å². The van der Waals surface area contributed by atoms with E-state index in [4.69, 9.17) is 9.47 Å². The highest BCUT2D eigenvalue weighted by molar-refractivity contribution is 5.64. The summed E-state index contributed by atoms with van der Waals surface area (Å²) in [5.74, 6) is 0.790. The van der Waals surface area contributed by atoms with Crippen LogP contribution in [-0.2, 0) is 4.74 Å². The third kappa shape index (κ3) is 4.38. The van der Waals surface area contributed by atoms with Crippen LogP contribution in [-0.4, -0.2) is 31.3 Å². The fourth-order valence-corrected chi connectivity index (χ4v) is 1.82. The van der Waals surface area contributed by atoms with Crippen LogP contribution in [0, 0.1) is 16.0 Å². The van der Waals surface area contributed by atoms with Gasteiger partial charge in [0.05, 0.1) is 30.2 Å². The van der Waals surface area contributed by atoms with Gasteiger partial charge in [-0.15, -0.1) is 0 Å². The van der Waals surface area contributed by atoms with E-state index in [2.05, 4.69) is 5.32 Å². The highest BCUT2D eigenvalue weighted by Crippen LogP contribution is 2.30. The Bertz CT molecular complexity index is 449. The second kappa shape index (κ2) is 7.69. The van der Waals surface area contributed by atoms with Crippen LogP contribution < -0.4 is 10.1 Å². The number of methoxy groups -OCH3 is 1. The average Bonchev–Trinajstić information content (AvgIpc) is 2.39. The maximum Gasteiger partial charge on any atom is 0.296 e. The standard InChI is InChI=1S/C14H22N2O4/c1-5-20-11-6-7-12(14(8-11)16(17)18)15-13(9-19-4)10(2)3/h6-8,10,13,15H,5,9H2,1-4H3. The zero-order valence-electron chi connectivity index (χ0n) is 12.4. The lowest BCUT2D eigenvalue weighted by molar-refractivity contribution is -0.384. The Kier molecular flexibility index (Phi) is 6.24. The Labute approximate surface area is 119 Å². The smallest absolute Gasteiger partial charge is 0.296 e. The average molecular weight is 282 g/mol. The fraction of sp³-hybridized carbons (Fsp3) is 0.571. The molecular formula is C14H22N2O4. The summed E-state index contributed by atoms with van der Waals surface area (Å²) in [7, 11) is 1.61. The Hall–Kier alpha value is -1.82. The van der Waals surface area contributed by atoms with Crippen molar-refractivity contribution in [2.24, 2.45) is 5.92 Å². The topological polar surface area (TPSA) is 73.6 Å². The molecule has 112 valence electrons. The summed E-state index contributed by atoms with van der Waals surface area (Å²) < 4.78 is 10.4. The first-order chi connectivity index (χ1) is 9.49. The van der Waals surface area contributed by atoms with Gasteiger partial charge >= 0.3 is 0 Å².